The second-order valence-corrected chi connectivity index (χ2v) is 7.82. The number of aryl methyl sites for hydroxylation is 1. The Hall–Kier alpha value is -2.14. The van der Waals surface area contributed by atoms with Crippen LogP contribution in [0, 0.1) is 0 Å². The summed E-state index contributed by atoms with van der Waals surface area (Å²) in [4.78, 5) is 13.0. The Morgan fingerprint density at radius 1 is 1.00 bits per heavy atom. The number of unbranched alkanes of at least 4 members (excludes halogenated alkanes) is 1. The molecule has 0 N–H and O–H groups in total. The molecule has 1 aromatic heterocycles. The molecule has 0 aliphatic carbocycles. The van der Waals surface area contributed by atoms with Crippen LogP contribution in [0.4, 0.5) is 0 Å². The molecule has 23 heavy (non-hydrogen) atoms. The fraction of sp³-hybridized carbons (Fsp3) is 0.278. The van der Waals surface area contributed by atoms with E-state index in [0.29, 0.717) is 10.8 Å². The summed E-state index contributed by atoms with van der Waals surface area (Å²) in [6.45, 7) is 2.92. The van der Waals surface area contributed by atoms with Crippen LogP contribution in [0.5, 0.6) is 0 Å². The maximum absolute atomic E-state index is 12.8. The highest BCUT2D eigenvalue weighted by molar-refractivity contribution is 7.90. The third-order valence-electron chi connectivity index (χ3n) is 4.11. The van der Waals surface area contributed by atoms with Crippen LogP contribution >= 0.6 is 0 Å². The van der Waals surface area contributed by atoms with Gasteiger partial charge in [0, 0.05) is 23.6 Å². The van der Waals surface area contributed by atoms with Crippen LogP contribution in [0.3, 0.4) is 0 Å². The zero-order valence-corrected chi connectivity index (χ0v) is 14.1. The summed E-state index contributed by atoms with van der Waals surface area (Å²) < 4.78 is 25.7. The summed E-state index contributed by atoms with van der Waals surface area (Å²) >= 11 is 0. The Morgan fingerprint density at radius 3 is 2.39 bits per heavy atom. The lowest BCUT2D eigenvalue weighted by Gasteiger charge is -2.15. The Morgan fingerprint density at radius 2 is 1.70 bits per heavy atom. The first kappa shape index (κ1) is 15.7. The van der Waals surface area contributed by atoms with E-state index in [1.54, 1.807) is 18.2 Å². The van der Waals surface area contributed by atoms with Gasteiger partial charge in [0.15, 0.2) is 15.3 Å². The molecule has 1 heterocycles. The number of fused-ring (bicyclic) bond motifs is 2. The summed E-state index contributed by atoms with van der Waals surface area (Å²) in [5.74, 6) is 0. The average molecular weight is 329 g/mol. The van der Waals surface area contributed by atoms with Gasteiger partial charge >= 0.3 is 0 Å². The van der Waals surface area contributed by atoms with Crippen molar-refractivity contribution in [3.05, 3.63) is 52.7 Å². The lowest BCUT2D eigenvalue weighted by atomic mass is 10.1. The number of nitrogens with zero attached hydrogens (tertiary/aromatic N) is 1. The van der Waals surface area contributed by atoms with Gasteiger partial charge in [-0.2, -0.15) is 0 Å². The second kappa shape index (κ2) is 5.81. The molecule has 0 amide bonds. The highest BCUT2D eigenvalue weighted by atomic mass is 32.2. The van der Waals surface area contributed by atoms with Crippen molar-refractivity contribution < 1.29 is 8.42 Å². The summed E-state index contributed by atoms with van der Waals surface area (Å²) in [7, 11) is -3.34. The number of benzene rings is 2. The standard InChI is InChI=1S/C18H19NO3S/c1-3-4-11-19-16-8-6-5-7-14(16)18(20)15-12-13(23(2,21)22)9-10-17(15)19/h5-10,12H,3-4,11H2,1-2H3. The molecular formula is C18H19NO3S. The summed E-state index contributed by atoms with van der Waals surface area (Å²) in [6, 6.07) is 12.3. The van der Waals surface area contributed by atoms with Crippen molar-refractivity contribution in [2.24, 2.45) is 0 Å². The van der Waals surface area contributed by atoms with Gasteiger partial charge in [0.25, 0.3) is 0 Å². The molecule has 0 saturated heterocycles. The Bertz CT molecular complexity index is 1050. The van der Waals surface area contributed by atoms with E-state index in [2.05, 4.69) is 11.5 Å². The van der Waals surface area contributed by atoms with Gasteiger partial charge in [0.2, 0.25) is 0 Å². The molecule has 0 aliphatic rings. The zero-order valence-electron chi connectivity index (χ0n) is 13.2. The third kappa shape index (κ3) is 2.77. The number of pyridine rings is 1. The van der Waals surface area contributed by atoms with Gasteiger partial charge in [0.1, 0.15) is 0 Å². The predicted octanol–water partition coefficient (Wildman–Crippen LogP) is 3.36. The van der Waals surface area contributed by atoms with Crippen LogP contribution in [-0.4, -0.2) is 19.2 Å². The number of rotatable bonds is 4. The van der Waals surface area contributed by atoms with Crippen LogP contribution in [0.15, 0.2) is 52.2 Å². The fourth-order valence-corrected chi connectivity index (χ4v) is 3.54. The van der Waals surface area contributed by atoms with Crippen molar-refractivity contribution in [2.45, 2.75) is 31.2 Å². The third-order valence-corrected chi connectivity index (χ3v) is 5.22. The van der Waals surface area contributed by atoms with Crippen molar-refractivity contribution in [3.8, 4) is 0 Å². The monoisotopic (exact) mass is 329 g/mol. The smallest absolute Gasteiger partial charge is 0.197 e. The van der Waals surface area contributed by atoms with E-state index in [1.165, 1.54) is 6.07 Å². The van der Waals surface area contributed by atoms with Crippen LogP contribution in [0.2, 0.25) is 0 Å². The SMILES string of the molecule is CCCCn1c2ccccc2c(=O)c2cc(S(C)(=O)=O)ccc21. The number of sulfone groups is 1. The van der Waals surface area contributed by atoms with Gasteiger partial charge in [-0.1, -0.05) is 25.5 Å². The normalized spacial score (nSPS) is 12.1. The molecule has 0 saturated carbocycles. The van der Waals surface area contributed by atoms with Crippen molar-refractivity contribution in [1.82, 2.24) is 4.57 Å². The molecule has 0 bridgehead atoms. The molecule has 0 radical (unpaired) electrons. The maximum atomic E-state index is 12.8. The van der Waals surface area contributed by atoms with Crippen molar-refractivity contribution >= 4 is 31.6 Å². The molecule has 0 aliphatic heterocycles. The first-order valence-corrected chi connectivity index (χ1v) is 9.58. The van der Waals surface area contributed by atoms with Gasteiger partial charge < -0.3 is 4.57 Å². The molecule has 3 aromatic rings. The van der Waals surface area contributed by atoms with Gasteiger partial charge in [0.05, 0.1) is 15.9 Å². The molecule has 0 spiro atoms. The van der Waals surface area contributed by atoms with E-state index in [-0.39, 0.29) is 10.3 Å². The van der Waals surface area contributed by atoms with Gasteiger partial charge in [-0.15, -0.1) is 0 Å². The lowest BCUT2D eigenvalue weighted by molar-refractivity contribution is 0.602. The van der Waals surface area contributed by atoms with Crippen molar-refractivity contribution in [1.29, 1.82) is 0 Å². The molecule has 0 atom stereocenters. The average Bonchev–Trinajstić information content (AvgIpc) is 2.53. The van der Waals surface area contributed by atoms with Crippen LogP contribution in [0.1, 0.15) is 19.8 Å². The van der Waals surface area contributed by atoms with E-state index >= 15 is 0 Å². The van der Waals surface area contributed by atoms with Gasteiger partial charge in [-0.05, 0) is 36.8 Å². The second-order valence-electron chi connectivity index (χ2n) is 5.80. The predicted molar refractivity (Wildman–Crippen MR) is 93.7 cm³/mol. The molecular weight excluding hydrogens is 310 g/mol. The van der Waals surface area contributed by atoms with Gasteiger partial charge in [-0.3, -0.25) is 4.79 Å². The molecule has 4 nitrogen and oxygen atoms in total. The minimum Gasteiger partial charge on any atom is -0.340 e. The molecule has 0 unspecified atom stereocenters. The lowest BCUT2D eigenvalue weighted by Crippen LogP contribution is -2.12. The van der Waals surface area contributed by atoms with E-state index in [1.807, 2.05) is 18.2 Å². The molecule has 3 rings (SSSR count). The molecule has 120 valence electrons. The topological polar surface area (TPSA) is 56.1 Å². The first-order valence-electron chi connectivity index (χ1n) is 7.69. The largest absolute Gasteiger partial charge is 0.340 e. The van der Waals surface area contributed by atoms with Crippen molar-refractivity contribution in [3.63, 3.8) is 0 Å². The van der Waals surface area contributed by atoms with E-state index < -0.39 is 9.84 Å². The van der Waals surface area contributed by atoms with Crippen LogP contribution in [0.25, 0.3) is 21.8 Å². The summed E-state index contributed by atoms with van der Waals surface area (Å²) in [5.41, 5.74) is 1.56. The van der Waals surface area contributed by atoms with Crippen LogP contribution < -0.4 is 5.43 Å². The number of aromatic nitrogens is 1. The minimum absolute atomic E-state index is 0.117. The maximum Gasteiger partial charge on any atom is 0.197 e. The van der Waals surface area contributed by atoms with E-state index in [9.17, 15) is 13.2 Å². The first-order chi connectivity index (χ1) is 10.9. The highest BCUT2D eigenvalue weighted by Gasteiger charge is 2.14. The quantitative estimate of drug-likeness (QED) is 0.690. The Kier molecular flexibility index (Phi) is 3.98. The van der Waals surface area contributed by atoms with E-state index in [4.69, 9.17) is 0 Å². The fourth-order valence-electron chi connectivity index (χ4n) is 2.90. The van der Waals surface area contributed by atoms with Gasteiger partial charge in [-0.25, -0.2) is 8.42 Å². The Labute approximate surface area is 135 Å². The summed E-state index contributed by atoms with van der Waals surface area (Å²) in [5, 5.41) is 1.09. The number of hydrogen-bond donors (Lipinski definition) is 0. The highest BCUT2D eigenvalue weighted by Crippen LogP contribution is 2.22. The van der Waals surface area contributed by atoms with E-state index in [0.717, 1.165) is 36.7 Å². The number of hydrogen-bond acceptors (Lipinski definition) is 3. The molecule has 2 aromatic carbocycles. The minimum atomic E-state index is -3.34. The van der Waals surface area contributed by atoms with Crippen molar-refractivity contribution in [2.75, 3.05) is 6.26 Å². The van der Waals surface area contributed by atoms with Crippen LogP contribution in [-0.2, 0) is 16.4 Å². The molecule has 5 heteroatoms. The Balaban J connectivity index is 2.45. The summed E-state index contributed by atoms with van der Waals surface area (Å²) in [6.07, 6.45) is 3.20. The molecule has 0 fully saturated rings. The zero-order chi connectivity index (χ0) is 16.6. The number of para-hydroxylation sites is 1.